The van der Waals surface area contributed by atoms with E-state index in [-0.39, 0.29) is 43.2 Å². The van der Waals surface area contributed by atoms with Crippen LogP contribution in [0.1, 0.15) is 71.0 Å². The molecule has 8 heteroatoms. The number of benzene rings is 2. The van der Waals surface area contributed by atoms with E-state index in [1.54, 1.807) is 31.3 Å². The minimum absolute atomic E-state index is 0.0641. The third-order valence-electron chi connectivity index (χ3n) is 6.54. The van der Waals surface area contributed by atoms with Crippen LogP contribution >= 0.6 is 0 Å². The Balaban J connectivity index is 1.78. The molecular formula is C28H33N3O5. The molecule has 1 N–H and O–H groups in total. The normalized spacial score (nSPS) is 13.7. The molecule has 0 spiro atoms. The molecule has 0 saturated carbocycles. The van der Waals surface area contributed by atoms with Gasteiger partial charge in [0.1, 0.15) is 12.3 Å². The zero-order valence-corrected chi connectivity index (χ0v) is 21.5. The van der Waals surface area contributed by atoms with Crippen molar-refractivity contribution in [2.24, 2.45) is 0 Å². The van der Waals surface area contributed by atoms with Gasteiger partial charge in [-0.1, -0.05) is 57.2 Å². The summed E-state index contributed by atoms with van der Waals surface area (Å²) in [5, 5.41) is 2.56. The number of aldehydes is 1. The Hall–Kier alpha value is -3.81. The SMILES string of the molecule is CNC(=O)C(CCC=O)N1Cc2c(CN(C)C(=O)C(=O)c3ccc(C(C)(C)C)cc3)cccc2C1=O. The highest BCUT2D eigenvalue weighted by molar-refractivity contribution is 6.42. The van der Waals surface area contributed by atoms with Crippen LogP contribution in [0, 0.1) is 0 Å². The van der Waals surface area contributed by atoms with Crippen molar-refractivity contribution in [1.29, 1.82) is 0 Å². The Kier molecular flexibility index (Phi) is 8.07. The average molecular weight is 492 g/mol. The predicted octanol–water partition coefficient (Wildman–Crippen LogP) is 2.87. The summed E-state index contributed by atoms with van der Waals surface area (Å²) < 4.78 is 0. The maximum absolute atomic E-state index is 13.1. The van der Waals surface area contributed by atoms with Crippen molar-refractivity contribution in [1.82, 2.24) is 15.1 Å². The van der Waals surface area contributed by atoms with E-state index in [1.807, 2.05) is 18.2 Å². The zero-order chi connectivity index (χ0) is 26.6. The number of rotatable bonds is 9. The summed E-state index contributed by atoms with van der Waals surface area (Å²) in [5.41, 5.74) is 3.22. The molecular weight excluding hydrogens is 458 g/mol. The van der Waals surface area contributed by atoms with E-state index < -0.39 is 17.7 Å². The molecule has 0 bridgehead atoms. The maximum Gasteiger partial charge on any atom is 0.294 e. The highest BCUT2D eigenvalue weighted by Crippen LogP contribution is 2.30. The van der Waals surface area contributed by atoms with Crippen LogP contribution in [0.25, 0.3) is 0 Å². The lowest BCUT2D eigenvalue weighted by Crippen LogP contribution is -2.46. The molecule has 8 nitrogen and oxygen atoms in total. The van der Waals surface area contributed by atoms with E-state index in [0.29, 0.717) is 16.7 Å². The fourth-order valence-electron chi connectivity index (χ4n) is 4.39. The monoisotopic (exact) mass is 491 g/mol. The van der Waals surface area contributed by atoms with Gasteiger partial charge >= 0.3 is 0 Å². The number of likely N-dealkylation sites (N-methyl/N-ethyl adjacent to an activating group) is 2. The average Bonchev–Trinajstić information content (AvgIpc) is 3.19. The first-order valence-corrected chi connectivity index (χ1v) is 12.0. The van der Waals surface area contributed by atoms with Crippen molar-refractivity contribution in [2.45, 2.75) is 58.2 Å². The zero-order valence-electron chi connectivity index (χ0n) is 21.5. The minimum atomic E-state index is -0.773. The Labute approximate surface area is 211 Å². The van der Waals surface area contributed by atoms with Crippen LogP contribution in [0.5, 0.6) is 0 Å². The lowest BCUT2D eigenvalue weighted by Gasteiger charge is -2.26. The molecule has 2 aromatic rings. The first kappa shape index (κ1) is 26.8. The van der Waals surface area contributed by atoms with Crippen LogP contribution < -0.4 is 5.32 Å². The quantitative estimate of drug-likeness (QED) is 0.330. The smallest absolute Gasteiger partial charge is 0.294 e. The lowest BCUT2D eigenvalue weighted by atomic mass is 9.86. The van der Waals surface area contributed by atoms with Gasteiger partial charge in [-0.05, 0) is 34.6 Å². The van der Waals surface area contributed by atoms with Crippen molar-refractivity contribution in [3.05, 3.63) is 70.3 Å². The molecule has 3 rings (SSSR count). The van der Waals surface area contributed by atoms with Crippen LogP contribution in [0.3, 0.4) is 0 Å². The summed E-state index contributed by atoms with van der Waals surface area (Å²) in [6.07, 6.45) is 1.10. The number of ketones is 1. The number of nitrogens with zero attached hydrogens (tertiary/aromatic N) is 2. The van der Waals surface area contributed by atoms with Crippen LogP contribution in [0.2, 0.25) is 0 Å². The number of carbonyl (C=O) groups is 5. The molecule has 1 unspecified atom stereocenters. The van der Waals surface area contributed by atoms with E-state index in [2.05, 4.69) is 26.1 Å². The maximum atomic E-state index is 13.1. The number of Topliss-reactive ketones (excluding diaryl/α,β-unsaturated/α-hetero) is 1. The van der Waals surface area contributed by atoms with E-state index in [0.717, 1.165) is 17.4 Å². The Morgan fingerprint density at radius 3 is 2.36 bits per heavy atom. The molecule has 0 saturated heterocycles. The second-order valence-corrected chi connectivity index (χ2v) is 10.1. The molecule has 1 aliphatic rings. The largest absolute Gasteiger partial charge is 0.357 e. The van der Waals surface area contributed by atoms with Crippen molar-refractivity contribution >= 4 is 29.8 Å². The molecule has 1 heterocycles. The molecule has 3 amide bonds. The van der Waals surface area contributed by atoms with Crippen LogP contribution in [-0.4, -0.2) is 59.7 Å². The first-order valence-electron chi connectivity index (χ1n) is 12.0. The minimum Gasteiger partial charge on any atom is -0.357 e. The molecule has 1 atom stereocenters. The van der Waals surface area contributed by atoms with Crippen LogP contribution in [0.4, 0.5) is 0 Å². The first-order chi connectivity index (χ1) is 17.0. The number of fused-ring (bicyclic) bond motifs is 1. The van der Waals surface area contributed by atoms with Gasteiger partial charge in [0.05, 0.1) is 0 Å². The molecule has 0 radical (unpaired) electrons. The van der Waals surface area contributed by atoms with Crippen molar-refractivity contribution in [2.75, 3.05) is 14.1 Å². The van der Waals surface area contributed by atoms with Crippen molar-refractivity contribution in [3.63, 3.8) is 0 Å². The topological polar surface area (TPSA) is 104 Å². The van der Waals surface area contributed by atoms with E-state index >= 15 is 0 Å². The third kappa shape index (κ3) is 5.53. The molecule has 36 heavy (non-hydrogen) atoms. The summed E-state index contributed by atoms with van der Waals surface area (Å²) in [5.74, 6) is -1.88. The fraction of sp³-hybridized carbons (Fsp3) is 0.393. The Morgan fingerprint density at radius 1 is 1.11 bits per heavy atom. The van der Waals surface area contributed by atoms with Gasteiger partial charge < -0.3 is 19.9 Å². The standard InChI is InChI=1S/C28H33N3O5/c1-28(2,3)20-13-11-18(12-14-20)24(33)27(36)30(5)16-19-8-6-9-21-22(19)17-31(26(21)35)23(10-7-15-32)25(34)29-4/h6,8-9,11-15,23H,7,10,16-17H2,1-5H3,(H,29,34). The summed E-state index contributed by atoms with van der Waals surface area (Å²) >= 11 is 0. The van der Waals surface area contributed by atoms with Gasteiger partial charge in [0, 0.05) is 44.7 Å². The Bertz CT molecular complexity index is 1180. The highest BCUT2D eigenvalue weighted by Gasteiger charge is 2.37. The summed E-state index contributed by atoms with van der Waals surface area (Å²) in [6, 6.07) is 11.5. The van der Waals surface area contributed by atoms with Crippen LogP contribution in [0.15, 0.2) is 42.5 Å². The second kappa shape index (κ2) is 10.8. The molecule has 0 fully saturated rings. The summed E-state index contributed by atoms with van der Waals surface area (Å²) in [7, 11) is 3.04. The van der Waals surface area contributed by atoms with Crippen molar-refractivity contribution < 1.29 is 24.0 Å². The predicted molar refractivity (Wildman–Crippen MR) is 135 cm³/mol. The van der Waals surface area contributed by atoms with E-state index in [1.165, 1.54) is 16.8 Å². The van der Waals surface area contributed by atoms with Gasteiger partial charge in [-0.3, -0.25) is 19.2 Å². The van der Waals surface area contributed by atoms with Gasteiger partial charge in [-0.2, -0.15) is 0 Å². The van der Waals surface area contributed by atoms with Crippen molar-refractivity contribution in [3.8, 4) is 0 Å². The lowest BCUT2D eigenvalue weighted by molar-refractivity contribution is -0.126. The summed E-state index contributed by atoms with van der Waals surface area (Å²) in [6.45, 7) is 6.55. The number of hydrogen-bond donors (Lipinski definition) is 1. The molecule has 0 aromatic heterocycles. The molecule has 0 aliphatic carbocycles. The number of carbonyl (C=O) groups excluding carboxylic acids is 5. The molecule has 2 aromatic carbocycles. The highest BCUT2D eigenvalue weighted by atomic mass is 16.2. The second-order valence-electron chi connectivity index (χ2n) is 10.1. The van der Waals surface area contributed by atoms with Gasteiger partial charge in [0.2, 0.25) is 11.7 Å². The Morgan fingerprint density at radius 2 is 1.78 bits per heavy atom. The van der Waals surface area contributed by atoms with E-state index in [4.69, 9.17) is 0 Å². The summed E-state index contributed by atoms with van der Waals surface area (Å²) in [4.78, 5) is 65.0. The number of amides is 3. The number of hydrogen-bond acceptors (Lipinski definition) is 5. The van der Waals surface area contributed by atoms with E-state index in [9.17, 15) is 24.0 Å². The van der Waals surface area contributed by atoms with Gasteiger partial charge in [0.15, 0.2) is 0 Å². The van der Waals surface area contributed by atoms with Crippen LogP contribution in [-0.2, 0) is 32.9 Å². The van der Waals surface area contributed by atoms with Gasteiger partial charge in [-0.15, -0.1) is 0 Å². The van der Waals surface area contributed by atoms with Gasteiger partial charge in [-0.25, -0.2) is 0 Å². The molecule has 190 valence electrons. The third-order valence-corrected chi connectivity index (χ3v) is 6.54. The van der Waals surface area contributed by atoms with Gasteiger partial charge in [0.25, 0.3) is 11.8 Å². The number of nitrogens with one attached hydrogen (secondary N) is 1. The molecule has 1 aliphatic heterocycles. The fourth-order valence-corrected chi connectivity index (χ4v) is 4.39.